The molecule has 0 atom stereocenters. The van der Waals surface area contributed by atoms with Gasteiger partial charge in [0, 0.05) is 0 Å². The molecule has 1 heterocycles. The van der Waals surface area contributed by atoms with Crippen LogP contribution in [0.5, 0.6) is 0 Å². The molecule has 1 aromatic heterocycles. The highest BCUT2D eigenvalue weighted by atomic mass is 19.2. The van der Waals surface area contributed by atoms with E-state index >= 15 is 0 Å². The van der Waals surface area contributed by atoms with Crippen LogP contribution in [0.25, 0.3) is 0 Å². The van der Waals surface area contributed by atoms with E-state index in [1.54, 1.807) is 0 Å². The molecule has 0 unspecified atom stereocenters. The normalized spacial score (nSPS) is 10.2. The fourth-order valence-electron chi connectivity index (χ4n) is 1.13. The Bertz CT molecular complexity index is 570. The standard InChI is InChI=1S/C9H6F2N4O2/c10-4-2-1-3-5(6(4)11)13-9(16)7-8(12)15-17-14-7/h1-3H,(H2,12,15)(H,13,16). The van der Waals surface area contributed by atoms with Gasteiger partial charge in [0.25, 0.3) is 5.91 Å². The zero-order chi connectivity index (χ0) is 12.4. The lowest BCUT2D eigenvalue weighted by molar-refractivity contribution is 0.101. The number of nitrogens with two attached hydrogens (primary N) is 1. The molecule has 0 aliphatic heterocycles. The summed E-state index contributed by atoms with van der Waals surface area (Å²) in [6.07, 6.45) is 0. The number of halogens is 2. The van der Waals surface area contributed by atoms with Crippen molar-refractivity contribution in [3.8, 4) is 0 Å². The van der Waals surface area contributed by atoms with Gasteiger partial charge in [-0.25, -0.2) is 13.4 Å². The maximum Gasteiger partial charge on any atom is 0.281 e. The van der Waals surface area contributed by atoms with E-state index in [-0.39, 0.29) is 17.2 Å². The van der Waals surface area contributed by atoms with Gasteiger partial charge in [0.05, 0.1) is 5.69 Å². The van der Waals surface area contributed by atoms with Crippen molar-refractivity contribution in [3.63, 3.8) is 0 Å². The lowest BCUT2D eigenvalue weighted by Crippen LogP contribution is -2.15. The van der Waals surface area contributed by atoms with E-state index < -0.39 is 17.5 Å². The molecule has 0 saturated heterocycles. The summed E-state index contributed by atoms with van der Waals surface area (Å²) in [6.45, 7) is 0. The first kappa shape index (κ1) is 11.0. The minimum absolute atomic E-state index is 0.237. The second-order valence-electron chi connectivity index (χ2n) is 3.05. The summed E-state index contributed by atoms with van der Waals surface area (Å²) < 4.78 is 30.3. The van der Waals surface area contributed by atoms with E-state index in [9.17, 15) is 13.6 Å². The van der Waals surface area contributed by atoms with Gasteiger partial charge < -0.3 is 11.1 Å². The predicted octanol–water partition coefficient (Wildman–Crippen LogP) is 1.18. The van der Waals surface area contributed by atoms with Gasteiger partial charge in [0.1, 0.15) is 0 Å². The van der Waals surface area contributed by atoms with Crippen LogP contribution in [-0.4, -0.2) is 16.2 Å². The van der Waals surface area contributed by atoms with Crippen molar-refractivity contribution in [2.45, 2.75) is 0 Å². The highest BCUT2D eigenvalue weighted by Crippen LogP contribution is 2.17. The SMILES string of the molecule is Nc1nonc1C(=O)Nc1cccc(F)c1F. The first-order valence-corrected chi connectivity index (χ1v) is 4.43. The van der Waals surface area contributed by atoms with Crippen molar-refractivity contribution in [2.75, 3.05) is 11.1 Å². The van der Waals surface area contributed by atoms with Crippen molar-refractivity contribution < 1.29 is 18.2 Å². The third kappa shape index (κ3) is 2.05. The van der Waals surface area contributed by atoms with E-state index in [0.717, 1.165) is 6.07 Å². The van der Waals surface area contributed by atoms with Crippen molar-refractivity contribution >= 4 is 17.4 Å². The number of aromatic nitrogens is 2. The number of benzene rings is 1. The number of nitrogens with one attached hydrogen (secondary N) is 1. The van der Waals surface area contributed by atoms with E-state index in [1.165, 1.54) is 12.1 Å². The van der Waals surface area contributed by atoms with Crippen LogP contribution in [0.15, 0.2) is 22.8 Å². The van der Waals surface area contributed by atoms with Gasteiger partial charge in [0.2, 0.25) is 11.5 Å². The van der Waals surface area contributed by atoms with E-state index in [1.807, 2.05) is 0 Å². The number of nitrogens with zero attached hydrogens (tertiary/aromatic N) is 2. The second-order valence-corrected chi connectivity index (χ2v) is 3.05. The minimum Gasteiger partial charge on any atom is -0.379 e. The molecule has 0 fully saturated rings. The second kappa shape index (κ2) is 4.16. The monoisotopic (exact) mass is 240 g/mol. The number of anilines is 2. The number of hydrogen-bond acceptors (Lipinski definition) is 5. The molecule has 8 heteroatoms. The number of amides is 1. The van der Waals surface area contributed by atoms with Gasteiger partial charge in [-0.3, -0.25) is 4.79 Å². The topological polar surface area (TPSA) is 94.0 Å². The van der Waals surface area contributed by atoms with E-state index in [4.69, 9.17) is 5.73 Å². The van der Waals surface area contributed by atoms with Crippen molar-refractivity contribution in [1.29, 1.82) is 0 Å². The Morgan fingerprint density at radius 3 is 2.76 bits per heavy atom. The summed E-state index contributed by atoms with van der Waals surface area (Å²) in [5.74, 6) is -3.32. The van der Waals surface area contributed by atoms with Crippen molar-refractivity contribution in [3.05, 3.63) is 35.5 Å². The molecule has 0 bridgehead atoms. The Balaban J connectivity index is 2.25. The fraction of sp³-hybridized carbons (Fsp3) is 0. The molecular weight excluding hydrogens is 234 g/mol. The third-order valence-electron chi connectivity index (χ3n) is 1.93. The average Bonchev–Trinajstić information content (AvgIpc) is 2.71. The van der Waals surface area contributed by atoms with Crippen LogP contribution in [0.2, 0.25) is 0 Å². The lowest BCUT2D eigenvalue weighted by atomic mass is 10.3. The zero-order valence-corrected chi connectivity index (χ0v) is 8.28. The molecule has 0 spiro atoms. The van der Waals surface area contributed by atoms with Crippen LogP contribution < -0.4 is 11.1 Å². The van der Waals surface area contributed by atoms with Crippen LogP contribution in [0.3, 0.4) is 0 Å². The van der Waals surface area contributed by atoms with Gasteiger partial charge in [0.15, 0.2) is 11.6 Å². The Hall–Kier alpha value is -2.51. The van der Waals surface area contributed by atoms with Gasteiger partial charge in [-0.1, -0.05) is 6.07 Å². The lowest BCUT2D eigenvalue weighted by Gasteiger charge is -2.04. The Labute approximate surface area is 93.4 Å². The summed E-state index contributed by atoms with van der Waals surface area (Å²) in [6, 6.07) is 3.37. The summed E-state index contributed by atoms with van der Waals surface area (Å²) in [5, 5.41) is 8.50. The van der Waals surface area contributed by atoms with Crippen LogP contribution in [0.1, 0.15) is 10.5 Å². The third-order valence-corrected chi connectivity index (χ3v) is 1.93. The summed E-state index contributed by atoms with van der Waals surface area (Å²) in [4.78, 5) is 11.5. The average molecular weight is 240 g/mol. The molecule has 0 saturated carbocycles. The van der Waals surface area contributed by atoms with Crippen LogP contribution in [0.4, 0.5) is 20.3 Å². The summed E-state index contributed by atoms with van der Waals surface area (Å²) in [5.41, 5.74) is 4.65. The molecule has 2 aromatic rings. The molecule has 17 heavy (non-hydrogen) atoms. The number of rotatable bonds is 2. The van der Waals surface area contributed by atoms with Crippen LogP contribution >= 0.6 is 0 Å². The van der Waals surface area contributed by atoms with Gasteiger partial charge >= 0.3 is 0 Å². The molecular formula is C9H6F2N4O2. The van der Waals surface area contributed by atoms with Crippen molar-refractivity contribution in [1.82, 2.24) is 10.3 Å². The molecule has 3 N–H and O–H groups in total. The van der Waals surface area contributed by atoms with Crippen LogP contribution in [0, 0.1) is 11.6 Å². The number of carbonyl (C=O) groups is 1. The maximum absolute atomic E-state index is 13.2. The highest BCUT2D eigenvalue weighted by Gasteiger charge is 2.18. The molecule has 0 radical (unpaired) electrons. The Kier molecular flexibility index (Phi) is 2.69. The molecule has 1 aromatic carbocycles. The number of hydrogen-bond donors (Lipinski definition) is 2. The van der Waals surface area contributed by atoms with Gasteiger partial charge in [-0.15, -0.1) is 0 Å². The predicted molar refractivity (Wildman–Crippen MR) is 53.0 cm³/mol. The van der Waals surface area contributed by atoms with Gasteiger partial charge in [-0.2, -0.15) is 0 Å². The first-order chi connectivity index (χ1) is 8.09. The van der Waals surface area contributed by atoms with Crippen LogP contribution in [-0.2, 0) is 0 Å². The molecule has 88 valence electrons. The quantitative estimate of drug-likeness (QED) is 0.821. The summed E-state index contributed by atoms with van der Waals surface area (Å²) in [7, 11) is 0. The van der Waals surface area contributed by atoms with E-state index in [2.05, 4.69) is 20.3 Å². The number of nitrogen functional groups attached to an aromatic ring is 1. The Morgan fingerprint density at radius 1 is 1.35 bits per heavy atom. The van der Waals surface area contributed by atoms with Gasteiger partial charge in [-0.05, 0) is 22.4 Å². The fourth-order valence-corrected chi connectivity index (χ4v) is 1.13. The first-order valence-electron chi connectivity index (χ1n) is 4.43. The van der Waals surface area contributed by atoms with E-state index in [0.29, 0.717) is 0 Å². The molecule has 0 aliphatic rings. The molecule has 0 aliphatic carbocycles. The maximum atomic E-state index is 13.2. The highest BCUT2D eigenvalue weighted by molar-refractivity contribution is 6.05. The smallest absolute Gasteiger partial charge is 0.281 e. The zero-order valence-electron chi connectivity index (χ0n) is 8.28. The largest absolute Gasteiger partial charge is 0.379 e. The molecule has 2 rings (SSSR count). The molecule has 1 amide bonds. The summed E-state index contributed by atoms with van der Waals surface area (Å²) >= 11 is 0. The molecule has 6 nitrogen and oxygen atoms in total. The Morgan fingerprint density at radius 2 is 2.12 bits per heavy atom. The van der Waals surface area contributed by atoms with Crippen molar-refractivity contribution in [2.24, 2.45) is 0 Å². The number of carbonyl (C=O) groups excluding carboxylic acids is 1. The minimum atomic E-state index is -1.17.